The molecule has 0 aromatic heterocycles. The second-order valence-corrected chi connectivity index (χ2v) is 4.89. The molecule has 2 N–H and O–H groups in total. The van der Waals surface area contributed by atoms with Gasteiger partial charge in [0.25, 0.3) is 5.69 Å². The van der Waals surface area contributed by atoms with Crippen molar-refractivity contribution in [1.82, 2.24) is 0 Å². The van der Waals surface area contributed by atoms with Crippen molar-refractivity contribution >= 4 is 5.69 Å². The quantitative estimate of drug-likeness (QED) is 0.645. The minimum Gasteiger partial charge on any atom is -0.327 e. The van der Waals surface area contributed by atoms with Crippen molar-refractivity contribution in [2.45, 2.75) is 39.7 Å². The lowest BCUT2D eigenvalue weighted by Gasteiger charge is -2.26. The summed E-state index contributed by atoms with van der Waals surface area (Å²) in [5.74, 6) is 0.284. The predicted molar refractivity (Wildman–Crippen MR) is 69.1 cm³/mol. The first-order valence-electron chi connectivity index (χ1n) is 5.85. The van der Waals surface area contributed by atoms with Crippen LogP contribution < -0.4 is 5.73 Å². The summed E-state index contributed by atoms with van der Waals surface area (Å²) in [5, 5.41) is 11.1. The molecule has 0 spiro atoms. The molecule has 0 aliphatic rings. The van der Waals surface area contributed by atoms with Gasteiger partial charge in [-0.1, -0.05) is 26.0 Å². The number of aryl methyl sites for hydroxylation is 1. The van der Waals surface area contributed by atoms with Crippen LogP contribution in [0.2, 0.25) is 0 Å². The summed E-state index contributed by atoms with van der Waals surface area (Å²) in [6, 6.07) is 5.07. The largest absolute Gasteiger partial charge is 0.327 e. The molecule has 0 saturated carbocycles. The molecule has 4 nitrogen and oxygen atoms in total. The minimum atomic E-state index is -0.319. The molecule has 0 saturated heterocycles. The van der Waals surface area contributed by atoms with Crippen LogP contribution in [0.5, 0.6) is 0 Å². The Morgan fingerprint density at radius 3 is 2.29 bits per heavy atom. The second kappa shape index (κ2) is 5.27. The Kier molecular flexibility index (Phi) is 4.23. The zero-order valence-electron chi connectivity index (χ0n) is 10.8. The van der Waals surface area contributed by atoms with E-state index in [1.54, 1.807) is 12.1 Å². The second-order valence-electron chi connectivity index (χ2n) is 4.89. The molecule has 94 valence electrons. The molecule has 2 unspecified atom stereocenters. The van der Waals surface area contributed by atoms with Crippen molar-refractivity contribution < 1.29 is 4.92 Å². The van der Waals surface area contributed by atoms with E-state index in [0.29, 0.717) is 0 Å². The smallest absolute Gasteiger partial charge is 0.273 e. The highest BCUT2D eigenvalue weighted by Crippen LogP contribution is 2.35. The van der Waals surface area contributed by atoms with E-state index in [2.05, 4.69) is 0 Å². The molecule has 1 rings (SSSR count). The summed E-state index contributed by atoms with van der Waals surface area (Å²) >= 11 is 0. The van der Waals surface area contributed by atoms with Crippen molar-refractivity contribution in [3.63, 3.8) is 0 Å². The zero-order chi connectivity index (χ0) is 13.2. The normalized spacial score (nSPS) is 14.7. The van der Waals surface area contributed by atoms with Crippen LogP contribution in [0, 0.1) is 23.0 Å². The topological polar surface area (TPSA) is 69.2 Å². The van der Waals surface area contributed by atoms with Gasteiger partial charge in [0.1, 0.15) is 0 Å². The monoisotopic (exact) mass is 236 g/mol. The van der Waals surface area contributed by atoms with Gasteiger partial charge in [-0.3, -0.25) is 10.1 Å². The fourth-order valence-electron chi connectivity index (χ4n) is 2.46. The SMILES string of the molecule is Cc1cccc([N+](=O)[O-])c1C(C(C)C)C(C)N. The van der Waals surface area contributed by atoms with Gasteiger partial charge in [-0.25, -0.2) is 0 Å². The Labute approximate surface area is 102 Å². The van der Waals surface area contributed by atoms with E-state index in [-0.39, 0.29) is 28.5 Å². The molecule has 0 radical (unpaired) electrons. The van der Waals surface area contributed by atoms with Crippen LogP contribution in [0.25, 0.3) is 0 Å². The predicted octanol–water partition coefficient (Wildman–Crippen LogP) is 2.99. The summed E-state index contributed by atoms with van der Waals surface area (Å²) in [4.78, 5) is 10.8. The molecule has 0 fully saturated rings. The van der Waals surface area contributed by atoms with Crippen LogP contribution in [0.3, 0.4) is 0 Å². The van der Waals surface area contributed by atoms with Crippen LogP contribution in [-0.4, -0.2) is 11.0 Å². The highest BCUT2D eigenvalue weighted by molar-refractivity contribution is 5.48. The van der Waals surface area contributed by atoms with Gasteiger partial charge in [0.05, 0.1) is 4.92 Å². The van der Waals surface area contributed by atoms with Crippen molar-refractivity contribution in [2.75, 3.05) is 0 Å². The molecule has 0 heterocycles. The van der Waals surface area contributed by atoms with Gasteiger partial charge in [-0.15, -0.1) is 0 Å². The molecule has 0 aliphatic heterocycles. The van der Waals surface area contributed by atoms with Crippen molar-refractivity contribution in [1.29, 1.82) is 0 Å². The van der Waals surface area contributed by atoms with Crippen molar-refractivity contribution in [2.24, 2.45) is 11.7 Å². The van der Waals surface area contributed by atoms with Crippen LogP contribution in [-0.2, 0) is 0 Å². The Morgan fingerprint density at radius 2 is 1.88 bits per heavy atom. The number of rotatable bonds is 4. The van der Waals surface area contributed by atoms with Crippen LogP contribution in [0.4, 0.5) is 5.69 Å². The maximum absolute atomic E-state index is 11.1. The molecule has 4 heteroatoms. The highest BCUT2D eigenvalue weighted by atomic mass is 16.6. The number of nitrogens with two attached hydrogens (primary N) is 1. The van der Waals surface area contributed by atoms with E-state index < -0.39 is 0 Å². The third kappa shape index (κ3) is 2.82. The molecule has 0 bridgehead atoms. The maximum atomic E-state index is 11.1. The van der Waals surface area contributed by atoms with E-state index >= 15 is 0 Å². The third-order valence-electron chi connectivity index (χ3n) is 3.12. The minimum absolute atomic E-state index is 0.0107. The first kappa shape index (κ1) is 13.6. The van der Waals surface area contributed by atoms with Gasteiger partial charge in [-0.05, 0) is 25.3 Å². The van der Waals surface area contributed by atoms with Crippen LogP contribution >= 0.6 is 0 Å². The van der Waals surface area contributed by atoms with Gasteiger partial charge in [0.15, 0.2) is 0 Å². The summed E-state index contributed by atoms with van der Waals surface area (Å²) in [7, 11) is 0. The number of benzene rings is 1. The van der Waals surface area contributed by atoms with Gasteiger partial charge in [-0.2, -0.15) is 0 Å². The van der Waals surface area contributed by atoms with E-state index in [0.717, 1.165) is 11.1 Å². The lowest BCUT2D eigenvalue weighted by molar-refractivity contribution is -0.385. The van der Waals surface area contributed by atoms with Gasteiger partial charge in [0.2, 0.25) is 0 Å². The molecular formula is C13H20N2O2. The number of hydrogen-bond acceptors (Lipinski definition) is 3. The van der Waals surface area contributed by atoms with Crippen LogP contribution in [0.1, 0.15) is 37.8 Å². The van der Waals surface area contributed by atoms with E-state index in [4.69, 9.17) is 5.73 Å². The summed E-state index contributed by atoms with van der Waals surface area (Å²) in [5.41, 5.74) is 7.89. The number of nitrogens with zero attached hydrogens (tertiary/aromatic N) is 1. The molecule has 0 aliphatic carbocycles. The van der Waals surface area contributed by atoms with Gasteiger partial charge >= 0.3 is 0 Å². The maximum Gasteiger partial charge on any atom is 0.273 e. The third-order valence-corrected chi connectivity index (χ3v) is 3.12. The summed E-state index contributed by atoms with van der Waals surface area (Å²) in [6.45, 7) is 7.90. The van der Waals surface area contributed by atoms with Gasteiger partial charge < -0.3 is 5.73 Å². The molecule has 0 amide bonds. The Hall–Kier alpha value is -1.42. The van der Waals surface area contributed by atoms with E-state index in [1.165, 1.54) is 0 Å². The summed E-state index contributed by atoms with van der Waals surface area (Å²) < 4.78 is 0. The first-order chi connectivity index (χ1) is 7.86. The Morgan fingerprint density at radius 1 is 1.29 bits per heavy atom. The lowest BCUT2D eigenvalue weighted by Crippen LogP contribution is -2.29. The number of nitro benzene ring substituents is 1. The Balaban J connectivity index is 3.40. The van der Waals surface area contributed by atoms with Crippen LogP contribution in [0.15, 0.2) is 18.2 Å². The van der Waals surface area contributed by atoms with E-state index in [1.807, 2.05) is 33.8 Å². The molecule has 2 atom stereocenters. The van der Waals surface area contributed by atoms with E-state index in [9.17, 15) is 10.1 Å². The Bertz CT molecular complexity index is 406. The van der Waals surface area contributed by atoms with Crippen molar-refractivity contribution in [3.05, 3.63) is 39.4 Å². The highest BCUT2D eigenvalue weighted by Gasteiger charge is 2.28. The molecule has 1 aromatic carbocycles. The number of hydrogen-bond donors (Lipinski definition) is 1. The zero-order valence-corrected chi connectivity index (χ0v) is 10.8. The van der Waals surface area contributed by atoms with Crippen molar-refractivity contribution in [3.8, 4) is 0 Å². The van der Waals surface area contributed by atoms with Gasteiger partial charge in [0, 0.05) is 23.6 Å². The standard InChI is InChI=1S/C13H20N2O2/c1-8(2)12(10(4)14)13-9(3)6-5-7-11(13)15(16)17/h5-8,10,12H,14H2,1-4H3. The average molecular weight is 236 g/mol. The first-order valence-corrected chi connectivity index (χ1v) is 5.85. The molecule has 17 heavy (non-hydrogen) atoms. The lowest BCUT2D eigenvalue weighted by atomic mass is 9.80. The summed E-state index contributed by atoms with van der Waals surface area (Å²) in [6.07, 6.45) is 0. The average Bonchev–Trinajstić information content (AvgIpc) is 2.19. The fraction of sp³-hybridized carbons (Fsp3) is 0.538. The number of nitro groups is 1. The molecular weight excluding hydrogens is 216 g/mol. The fourth-order valence-corrected chi connectivity index (χ4v) is 2.46. The molecule has 1 aromatic rings.